The average molecular weight is 228 g/mol. The highest BCUT2D eigenvalue weighted by Gasteiger charge is 1.98. The summed E-state index contributed by atoms with van der Waals surface area (Å²) >= 11 is 5.79. The molecule has 0 aliphatic rings. The van der Waals surface area contributed by atoms with Gasteiger partial charge in [0, 0.05) is 18.5 Å². The molecule has 1 aromatic rings. The van der Waals surface area contributed by atoms with Gasteiger partial charge in [0.05, 0.1) is 6.61 Å². The van der Waals surface area contributed by atoms with Crippen molar-refractivity contribution in [3.8, 4) is 5.75 Å². The number of amides is 1. The van der Waals surface area contributed by atoms with Gasteiger partial charge in [-0.25, -0.2) is 0 Å². The molecule has 0 aromatic heterocycles. The maximum absolute atomic E-state index is 10.9. The molecule has 0 spiro atoms. The standard InChI is InChI=1S/C11H14ClNO2/c1-13-11(14)6-3-7-15-10-5-2-4-9(12)8-10/h2,4-5,8H,3,6-7H2,1H3,(H,13,14). The molecule has 0 atom stereocenters. The number of benzene rings is 1. The van der Waals surface area contributed by atoms with E-state index in [0.29, 0.717) is 24.5 Å². The van der Waals surface area contributed by atoms with Gasteiger partial charge in [-0.05, 0) is 24.6 Å². The molecule has 0 radical (unpaired) electrons. The fourth-order valence-electron chi connectivity index (χ4n) is 1.10. The molecule has 1 amide bonds. The smallest absolute Gasteiger partial charge is 0.219 e. The second-order valence-corrected chi connectivity index (χ2v) is 3.52. The first-order chi connectivity index (χ1) is 7.22. The Labute approximate surface area is 94.4 Å². The summed E-state index contributed by atoms with van der Waals surface area (Å²) in [5.74, 6) is 0.768. The Morgan fingerprint density at radius 2 is 2.33 bits per heavy atom. The van der Waals surface area contributed by atoms with E-state index in [1.165, 1.54) is 0 Å². The van der Waals surface area contributed by atoms with E-state index in [9.17, 15) is 4.79 Å². The van der Waals surface area contributed by atoms with Crippen LogP contribution in [-0.4, -0.2) is 19.6 Å². The molecule has 0 saturated heterocycles. The predicted molar refractivity (Wildman–Crippen MR) is 60.2 cm³/mol. The van der Waals surface area contributed by atoms with Crippen molar-refractivity contribution in [2.24, 2.45) is 0 Å². The first kappa shape index (κ1) is 11.9. The average Bonchev–Trinajstić information content (AvgIpc) is 2.24. The molecule has 3 nitrogen and oxygen atoms in total. The number of hydrogen-bond acceptors (Lipinski definition) is 2. The Morgan fingerprint density at radius 1 is 1.53 bits per heavy atom. The highest BCUT2D eigenvalue weighted by Crippen LogP contribution is 2.17. The van der Waals surface area contributed by atoms with Gasteiger partial charge in [0.1, 0.15) is 5.75 Å². The molecule has 0 aliphatic carbocycles. The number of nitrogens with one attached hydrogen (secondary N) is 1. The van der Waals surface area contributed by atoms with Gasteiger partial charge in [-0.3, -0.25) is 4.79 Å². The number of halogens is 1. The van der Waals surface area contributed by atoms with Crippen LogP contribution in [0.25, 0.3) is 0 Å². The van der Waals surface area contributed by atoms with E-state index in [2.05, 4.69) is 5.32 Å². The van der Waals surface area contributed by atoms with Gasteiger partial charge < -0.3 is 10.1 Å². The van der Waals surface area contributed by atoms with Crippen LogP contribution in [0.4, 0.5) is 0 Å². The molecular formula is C11H14ClNO2. The predicted octanol–water partition coefficient (Wildman–Crippen LogP) is 2.25. The van der Waals surface area contributed by atoms with Crippen molar-refractivity contribution in [1.82, 2.24) is 5.32 Å². The Morgan fingerprint density at radius 3 is 3.00 bits per heavy atom. The molecular weight excluding hydrogens is 214 g/mol. The van der Waals surface area contributed by atoms with Crippen LogP contribution in [0.1, 0.15) is 12.8 Å². The summed E-state index contributed by atoms with van der Waals surface area (Å²) in [6.45, 7) is 0.522. The van der Waals surface area contributed by atoms with E-state index in [-0.39, 0.29) is 5.91 Å². The number of rotatable bonds is 5. The summed E-state index contributed by atoms with van der Waals surface area (Å²) in [7, 11) is 1.63. The molecule has 82 valence electrons. The van der Waals surface area contributed by atoms with Crippen LogP contribution >= 0.6 is 11.6 Å². The van der Waals surface area contributed by atoms with Gasteiger partial charge in [0.25, 0.3) is 0 Å². The summed E-state index contributed by atoms with van der Waals surface area (Å²) in [5, 5.41) is 3.21. The summed E-state index contributed by atoms with van der Waals surface area (Å²) in [4.78, 5) is 10.9. The van der Waals surface area contributed by atoms with Gasteiger partial charge in [-0.1, -0.05) is 17.7 Å². The number of carbonyl (C=O) groups is 1. The van der Waals surface area contributed by atoms with Crippen LogP contribution in [0.3, 0.4) is 0 Å². The van der Waals surface area contributed by atoms with E-state index in [0.717, 1.165) is 5.75 Å². The molecule has 15 heavy (non-hydrogen) atoms. The highest BCUT2D eigenvalue weighted by molar-refractivity contribution is 6.30. The fourth-order valence-corrected chi connectivity index (χ4v) is 1.28. The molecule has 0 aliphatic heterocycles. The summed E-state index contributed by atoms with van der Waals surface area (Å²) in [6, 6.07) is 7.21. The maximum Gasteiger partial charge on any atom is 0.219 e. The lowest BCUT2D eigenvalue weighted by atomic mass is 10.3. The van der Waals surface area contributed by atoms with Crippen LogP contribution in [0.15, 0.2) is 24.3 Å². The van der Waals surface area contributed by atoms with Crippen LogP contribution in [-0.2, 0) is 4.79 Å². The minimum Gasteiger partial charge on any atom is -0.494 e. The van der Waals surface area contributed by atoms with Crippen LogP contribution in [0.5, 0.6) is 5.75 Å². The molecule has 1 aromatic carbocycles. The summed E-state index contributed by atoms with van der Waals surface area (Å²) in [5.41, 5.74) is 0. The van der Waals surface area contributed by atoms with Crippen molar-refractivity contribution in [2.45, 2.75) is 12.8 Å². The Hall–Kier alpha value is -1.22. The molecule has 0 heterocycles. The lowest BCUT2D eigenvalue weighted by Gasteiger charge is -2.05. The zero-order valence-electron chi connectivity index (χ0n) is 8.63. The summed E-state index contributed by atoms with van der Waals surface area (Å²) in [6.07, 6.45) is 1.18. The third-order valence-corrected chi connectivity index (χ3v) is 2.13. The van der Waals surface area contributed by atoms with Crippen molar-refractivity contribution in [2.75, 3.05) is 13.7 Å². The second-order valence-electron chi connectivity index (χ2n) is 3.08. The van der Waals surface area contributed by atoms with E-state index in [1.54, 1.807) is 19.2 Å². The maximum atomic E-state index is 10.9. The second kappa shape index (κ2) is 6.30. The van der Waals surface area contributed by atoms with E-state index >= 15 is 0 Å². The topological polar surface area (TPSA) is 38.3 Å². The molecule has 1 N–H and O–H groups in total. The molecule has 0 bridgehead atoms. The van der Waals surface area contributed by atoms with E-state index in [4.69, 9.17) is 16.3 Å². The number of ether oxygens (including phenoxy) is 1. The zero-order valence-corrected chi connectivity index (χ0v) is 9.38. The normalized spacial score (nSPS) is 9.73. The minimum atomic E-state index is 0.0321. The Balaban J connectivity index is 2.23. The van der Waals surface area contributed by atoms with Crippen molar-refractivity contribution >= 4 is 17.5 Å². The summed E-state index contributed by atoms with van der Waals surface area (Å²) < 4.78 is 5.42. The molecule has 0 saturated carbocycles. The molecule has 1 rings (SSSR count). The van der Waals surface area contributed by atoms with Crippen molar-refractivity contribution < 1.29 is 9.53 Å². The molecule has 4 heteroatoms. The number of hydrogen-bond donors (Lipinski definition) is 1. The Bertz CT molecular complexity index is 328. The quantitative estimate of drug-likeness (QED) is 0.784. The highest BCUT2D eigenvalue weighted by atomic mass is 35.5. The lowest BCUT2D eigenvalue weighted by molar-refractivity contribution is -0.120. The third-order valence-electron chi connectivity index (χ3n) is 1.89. The number of carbonyl (C=O) groups excluding carboxylic acids is 1. The molecule has 0 fully saturated rings. The van der Waals surface area contributed by atoms with Crippen LogP contribution < -0.4 is 10.1 Å². The minimum absolute atomic E-state index is 0.0321. The SMILES string of the molecule is CNC(=O)CCCOc1cccc(Cl)c1. The van der Waals surface area contributed by atoms with Crippen molar-refractivity contribution in [3.63, 3.8) is 0 Å². The van der Waals surface area contributed by atoms with Crippen molar-refractivity contribution in [1.29, 1.82) is 0 Å². The van der Waals surface area contributed by atoms with Gasteiger partial charge in [-0.2, -0.15) is 0 Å². The molecule has 0 unspecified atom stereocenters. The van der Waals surface area contributed by atoms with Gasteiger partial charge >= 0.3 is 0 Å². The van der Waals surface area contributed by atoms with Crippen LogP contribution in [0.2, 0.25) is 5.02 Å². The van der Waals surface area contributed by atoms with Crippen LogP contribution in [0, 0.1) is 0 Å². The van der Waals surface area contributed by atoms with Crippen molar-refractivity contribution in [3.05, 3.63) is 29.3 Å². The van der Waals surface area contributed by atoms with Gasteiger partial charge in [-0.15, -0.1) is 0 Å². The Kier molecular flexibility index (Phi) is 4.98. The van der Waals surface area contributed by atoms with E-state index < -0.39 is 0 Å². The van der Waals surface area contributed by atoms with Gasteiger partial charge in [0.2, 0.25) is 5.91 Å². The first-order valence-electron chi connectivity index (χ1n) is 4.81. The first-order valence-corrected chi connectivity index (χ1v) is 5.19. The largest absolute Gasteiger partial charge is 0.494 e. The zero-order chi connectivity index (χ0) is 11.1. The third kappa shape index (κ3) is 4.70. The lowest BCUT2D eigenvalue weighted by Crippen LogP contribution is -2.18. The van der Waals surface area contributed by atoms with Gasteiger partial charge in [0.15, 0.2) is 0 Å². The fraction of sp³-hybridized carbons (Fsp3) is 0.364. The monoisotopic (exact) mass is 227 g/mol. The van der Waals surface area contributed by atoms with E-state index in [1.807, 2.05) is 12.1 Å².